The van der Waals surface area contributed by atoms with Crippen LogP contribution in [0, 0.1) is 0 Å². The Labute approximate surface area is 441 Å². The molecule has 2 N–H and O–H groups in total. The maximum atomic E-state index is 13.0. The smallest absolute Gasteiger partial charge is 0.268 e. The first-order chi connectivity index (χ1) is 34.5. The number of quaternary nitrogens is 1. The zero-order chi connectivity index (χ0) is 52.0. The van der Waals surface area contributed by atoms with Gasteiger partial charge < -0.3 is 28.8 Å². The molecule has 416 valence electrons. The number of nitrogens with one attached hydrogen (secondary N) is 1. The maximum absolute atomic E-state index is 13.0. The predicted molar refractivity (Wildman–Crippen MR) is 307 cm³/mol. The number of likely N-dealkylation sites (N-methyl/N-ethyl adjacent to an activating group) is 1. The van der Waals surface area contributed by atoms with E-state index in [0.29, 0.717) is 17.4 Å². The fraction of sp³-hybridized carbons (Fsp3) is 0.823. The first-order valence-corrected chi connectivity index (χ1v) is 31.6. The molecule has 1 amide bonds. The molecule has 0 heterocycles. The molecule has 0 aromatic carbocycles. The molecule has 3 unspecified atom stereocenters. The second kappa shape index (κ2) is 53.0. The number of nitrogens with zero attached hydrogens (tertiary/aromatic N) is 1. The van der Waals surface area contributed by atoms with Gasteiger partial charge in [-0.2, -0.15) is 0 Å². The minimum absolute atomic E-state index is 0.00337. The van der Waals surface area contributed by atoms with Gasteiger partial charge in [0, 0.05) is 6.42 Å². The van der Waals surface area contributed by atoms with Crippen molar-refractivity contribution in [3.63, 3.8) is 0 Å². The number of phosphoric ester groups is 1. The standard InChI is InChI=1S/C62H117N2O6P/c1-6-8-10-12-14-16-18-20-22-24-26-28-30-31-32-34-35-37-39-41-43-45-47-49-51-53-55-61(65)60(59-70-71(67,68)69-58-57-64(3,4)5)63-62(66)56-54-52-50-48-46-44-42-40-38-36-33-29-27-25-23-21-19-17-15-13-11-9-7-2/h9,11,15,17,21,23,27,29,53,55,60-61,65H,6-8,10,12-14,16,18-20,22,24-26,28,30-52,54,56-59H2,1-5H3,(H-,63,66,67,68)/b11-9-,17-15-,23-21-,29-27-,55-53+. The van der Waals surface area contributed by atoms with E-state index < -0.39 is 20.0 Å². The molecule has 0 aromatic heterocycles. The van der Waals surface area contributed by atoms with Crippen LogP contribution in [0.4, 0.5) is 0 Å². The van der Waals surface area contributed by atoms with Crippen molar-refractivity contribution in [1.82, 2.24) is 5.32 Å². The lowest BCUT2D eigenvalue weighted by molar-refractivity contribution is -0.870. The molecule has 0 saturated heterocycles. The number of carbonyl (C=O) groups is 1. The number of phosphoric acid groups is 1. The van der Waals surface area contributed by atoms with Crippen LogP contribution in [0.2, 0.25) is 0 Å². The average Bonchev–Trinajstić information content (AvgIpc) is 3.33. The Hall–Kier alpha value is -1.80. The van der Waals surface area contributed by atoms with Gasteiger partial charge in [0.2, 0.25) is 5.91 Å². The third kappa shape index (κ3) is 55.8. The van der Waals surface area contributed by atoms with E-state index in [1.54, 1.807) is 6.08 Å². The largest absolute Gasteiger partial charge is 0.756 e. The first kappa shape index (κ1) is 69.2. The molecule has 71 heavy (non-hydrogen) atoms. The predicted octanol–water partition coefficient (Wildman–Crippen LogP) is 17.9. The Kier molecular flexibility index (Phi) is 51.7. The lowest BCUT2D eigenvalue weighted by Gasteiger charge is -2.29. The van der Waals surface area contributed by atoms with Gasteiger partial charge in [0.15, 0.2) is 0 Å². The van der Waals surface area contributed by atoms with E-state index in [1.165, 1.54) is 193 Å². The minimum atomic E-state index is -4.60. The van der Waals surface area contributed by atoms with Gasteiger partial charge in [-0.1, -0.05) is 274 Å². The van der Waals surface area contributed by atoms with Crippen molar-refractivity contribution in [2.45, 2.75) is 289 Å². The molecule has 0 radical (unpaired) electrons. The zero-order valence-electron chi connectivity index (χ0n) is 47.4. The van der Waals surface area contributed by atoms with Crippen LogP contribution in [0.5, 0.6) is 0 Å². The SMILES string of the molecule is CC/C=C\C/C=C\C/C=C\C/C=C\CCCCCCCCCCCCC(=O)NC(COP(=O)([O-])OCC[N+](C)(C)C)C(O)/C=C/CCCCCCCCCCCCCCCCCCCCCCCCCC. The zero-order valence-corrected chi connectivity index (χ0v) is 48.3. The summed E-state index contributed by atoms with van der Waals surface area (Å²) in [6.45, 7) is 4.56. The van der Waals surface area contributed by atoms with Gasteiger partial charge in [0.1, 0.15) is 13.2 Å². The number of hydrogen-bond donors (Lipinski definition) is 2. The molecule has 0 aliphatic carbocycles. The molecule has 8 nitrogen and oxygen atoms in total. The summed E-state index contributed by atoms with van der Waals surface area (Å²) in [7, 11) is 1.26. The number of aliphatic hydroxyl groups is 1. The van der Waals surface area contributed by atoms with Gasteiger partial charge in [-0.05, 0) is 57.8 Å². The summed E-state index contributed by atoms with van der Waals surface area (Å²) in [5, 5.41) is 13.9. The second-order valence-electron chi connectivity index (χ2n) is 21.7. The topological polar surface area (TPSA) is 108 Å². The molecule has 0 aliphatic heterocycles. The Morgan fingerprint density at radius 3 is 1.25 bits per heavy atom. The molecule has 0 aliphatic rings. The molecule has 0 spiro atoms. The Balaban J connectivity index is 4.19. The second-order valence-corrected chi connectivity index (χ2v) is 23.1. The van der Waals surface area contributed by atoms with Crippen LogP contribution < -0.4 is 10.2 Å². The van der Waals surface area contributed by atoms with Crippen LogP contribution in [-0.2, 0) is 18.4 Å². The van der Waals surface area contributed by atoms with E-state index in [4.69, 9.17) is 9.05 Å². The molecule has 0 rings (SSSR count). The van der Waals surface area contributed by atoms with Gasteiger partial charge in [-0.15, -0.1) is 0 Å². The third-order valence-electron chi connectivity index (χ3n) is 13.5. The van der Waals surface area contributed by atoms with E-state index in [1.807, 2.05) is 27.2 Å². The quantitative estimate of drug-likeness (QED) is 0.0272. The minimum Gasteiger partial charge on any atom is -0.756 e. The Bertz CT molecular complexity index is 1340. The maximum Gasteiger partial charge on any atom is 0.268 e. The lowest BCUT2D eigenvalue weighted by Crippen LogP contribution is -2.45. The lowest BCUT2D eigenvalue weighted by atomic mass is 10.0. The van der Waals surface area contributed by atoms with Crippen LogP contribution in [0.15, 0.2) is 60.8 Å². The summed E-state index contributed by atoms with van der Waals surface area (Å²) in [5.41, 5.74) is 0. The van der Waals surface area contributed by atoms with Crippen molar-refractivity contribution >= 4 is 13.7 Å². The van der Waals surface area contributed by atoms with Crippen molar-refractivity contribution in [3.05, 3.63) is 60.8 Å². The van der Waals surface area contributed by atoms with Crippen molar-refractivity contribution in [2.24, 2.45) is 0 Å². The Morgan fingerprint density at radius 1 is 0.507 bits per heavy atom. The number of unbranched alkanes of at least 4 members (excludes halogenated alkanes) is 34. The van der Waals surface area contributed by atoms with Crippen molar-refractivity contribution in [3.8, 4) is 0 Å². The van der Waals surface area contributed by atoms with Gasteiger partial charge in [-0.25, -0.2) is 0 Å². The number of amides is 1. The third-order valence-corrected chi connectivity index (χ3v) is 14.4. The summed E-state index contributed by atoms with van der Waals surface area (Å²) in [6.07, 6.45) is 71.6. The van der Waals surface area contributed by atoms with Crippen molar-refractivity contribution in [2.75, 3.05) is 40.9 Å². The summed E-state index contributed by atoms with van der Waals surface area (Å²) in [4.78, 5) is 25.5. The van der Waals surface area contributed by atoms with Gasteiger partial charge in [0.25, 0.3) is 7.82 Å². The normalized spacial score (nSPS) is 14.3. The number of carbonyl (C=O) groups excluding carboxylic acids is 1. The van der Waals surface area contributed by atoms with Gasteiger partial charge >= 0.3 is 0 Å². The molecule has 0 bridgehead atoms. The van der Waals surface area contributed by atoms with Crippen LogP contribution in [0.25, 0.3) is 0 Å². The van der Waals surface area contributed by atoms with E-state index in [0.717, 1.165) is 64.2 Å². The summed E-state index contributed by atoms with van der Waals surface area (Å²) in [5.74, 6) is -0.201. The Morgan fingerprint density at radius 2 is 0.859 bits per heavy atom. The highest BCUT2D eigenvalue weighted by molar-refractivity contribution is 7.45. The van der Waals surface area contributed by atoms with E-state index in [9.17, 15) is 19.4 Å². The fourth-order valence-corrected chi connectivity index (χ4v) is 9.52. The van der Waals surface area contributed by atoms with Crippen LogP contribution in [-0.4, -0.2) is 68.5 Å². The van der Waals surface area contributed by atoms with Gasteiger partial charge in [0.05, 0.1) is 39.9 Å². The summed E-state index contributed by atoms with van der Waals surface area (Å²) < 4.78 is 23.4. The molecule has 9 heteroatoms. The summed E-state index contributed by atoms with van der Waals surface area (Å²) in [6, 6.07) is -0.892. The number of rotatable bonds is 55. The highest BCUT2D eigenvalue weighted by Crippen LogP contribution is 2.38. The number of allylic oxidation sites excluding steroid dienone is 9. The number of hydrogen-bond acceptors (Lipinski definition) is 6. The fourth-order valence-electron chi connectivity index (χ4n) is 8.79. The van der Waals surface area contributed by atoms with E-state index in [2.05, 4.69) is 67.8 Å². The molecule has 0 aromatic rings. The average molecular weight is 1020 g/mol. The van der Waals surface area contributed by atoms with Crippen LogP contribution in [0.3, 0.4) is 0 Å². The molecule has 3 atom stereocenters. The molecule has 0 saturated carbocycles. The highest BCUT2D eigenvalue weighted by atomic mass is 31.2. The molecular weight excluding hydrogens is 900 g/mol. The number of aliphatic hydroxyl groups excluding tert-OH is 1. The van der Waals surface area contributed by atoms with Gasteiger partial charge in [-0.3, -0.25) is 9.36 Å². The monoisotopic (exact) mass is 1020 g/mol. The van der Waals surface area contributed by atoms with Crippen LogP contribution in [0.1, 0.15) is 277 Å². The molecule has 0 fully saturated rings. The van der Waals surface area contributed by atoms with Crippen molar-refractivity contribution in [1.29, 1.82) is 0 Å². The van der Waals surface area contributed by atoms with E-state index in [-0.39, 0.29) is 19.1 Å². The van der Waals surface area contributed by atoms with Crippen LogP contribution >= 0.6 is 7.82 Å². The highest BCUT2D eigenvalue weighted by Gasteiger charge is 2.23. The first-order valence-electron chi connectivity index (χ1n) is 30.2. The molecular formula is C62H117N2O6P. The van der Waals surface area contributed by atoms with E-state index >= 15 is 0 Å². The summed E-state index contributed by atoms with van der Waals surface area (Å²) >= 11 is 0. The van der Waals surface area contributed by atoms with Crippen molar-refractivity contribution < 1.29 is 32.9 Å².